The number of carboxylic acids is 1. The molecule has 11 heteroatoms. The van der Waals surface area contributed by atoms with Gasteiger partial charge in [0.15, 0.2) is 0 Å². The number of ether oxygens (including phenoxy) is 3. The van der Waals surface area contributed by atoms with Crippen molar-refractivity contribution in [3.05, 3.63) is 66.1 Å². The first kappa shape index (κ1) is 26.5. The van der Waals surface area contributed by atoms with Gasteiger partial charge in [-0.3, -0.25) is 4.90 Å². The molecular weight excluding hydrogens is 491 g/mol. The molecule has 0 radical (unpaired) electrons. The van der Waals surface area contributed by atoms with Gasteiger partial charge in [-0.15, -0.1) is 0 Å². The fourth-order valence-electron chi connectivity index (χ4n) is 4.55. The summed E-state index contributed by atoms with van der Waals surface area (Å²) >= 11 is 0. The van der Waals surface area contributed by atoms with Crippen molar-refractivity contribution in [2.24, 2.45) is 0 Å². The van der Waals surface area contributed by atoms with E-state index in [0.29, 0.717) is 6.61 Å². The molecule has 2 aromatic carbocycles. The topological polar surface area (TPSA) is 86.0 Å². The Morgan fingerprint density at radius 3 is 2.22 bits per heavy atom. The first-order valence-electron chi connectivity index (χ1n) is 11.6. The van der Waals surface area contributed by atoms with Crippen LogP contribution in [0.5, 0.6) is 11.5 Å². The zero-order valence-corrected chi connectivity index (χ0v) is 20.5. The molecule has 2 aliphatic heterocycles. The predicted molar refractivity (Wildman–Crippen MR) is 128 cm³/mol. The lowest BCUT2D eigenvalue weighted by Crippen LogP contribution is -2.44. The molecule has 0 bridgehead atoms. The maximum atomic E-state index is 10.6. The third-order valence-electron chi connectivity index (χ3n) is 6.48. The number of methoxy groups -OCH3 is 2. The van der Waals surface area contributed by atoms with Gasteiger partial charge in [0, 0.05) is 25.2 Å². The largest absolute Gasteiger partial charge is 0.497 e. The standard InChI is InChI=1S/C24H27N3O3.C2HF3O2/c1-28-20-7-3-18(4-8-20)14-26-12-11-24(16-26)17-27-22(13-25-23(27)15-30-24)19-5-9-21(29-2)10-6-19;3-2(4,5)1(6)7/h3-10,13H,11-12,14-17H2,1-2H3;(H,6,7). The van der Waals surface area contributed by atoms with Crippen molar-refractivity contribution in [1.82, 2.24) is 14.5 Å². The Morgan fingerprint density at radius 2 is 1.65 bits per heavy atom. The van der Waals surface area contributed by atoms with Crippen molar-refractivity contribution in [2.75, 3.05) is 27.3 Å². The predicted octanol–water partition coefficient (Wildman–Crippen LogP) is 4.38. The number of likely N-dealkylation sites (tertiary alicyclic amines) is 1. The number of imidazole rings is 1. The van der Waals surface area contributed by atoms with Crippen LogP contribution < -0.4 is 9.47 Å². The molecule has 0 saturated carbocycles. The number of hydrogen-bond acceptors (Lipinski definition) is 6. The lowest BCUT2D eigenvalue weighted by Gasteiger charge is -2.35. The van der Waals surface area contributed by atoms with E-state index >= 15 is 0 Å². The summed E-state index contributed by atoms with van der Waals surface area (Å²) in [6.07, 6.45) is -2.09. The van der Waals surface area contributed by atoms with Crippen molar-refractivity contribution in [3.8, 4) is 22.8 Å². The first-order chi connectivity index (χ1) is 17.6. The summed E-state index contributed by atoms with van der Waals surface area (Å²) in [6, 6.07) is 16.5. The summed E-state index contributed by atoms with van der Waals surface area (Å²) in [5, 5.41) is 7.12. The molecule has 1 fully saturated rings. The molecule has 1 N–H and O–H groups in total. The van der Waals surface area contributed by atoms with E-state index in [1.807, 2.05) is 30.5 Å². The number of alkyl halides is 3. The summed E-state index contributed by atoms with van der Waals surface area (Å²) in [4.78, 5) is 16.0. The molecule has 1 saturated heterocycles. The number of carbonyl (C=O) groups is 1. The smallest absolute Gasteiger partial charge is 0.490 e. The molecule has 0 amide bonds. The Bertz CT molecular complexity index is 1210. The minimum Gasteiger partial charge on any atom is -0.497 e. The first-order valence-corrected chi connectivity index (χ1v) is 11.6. The van der Waals surface area contributed by atoms with Crippen molar-refractivity contribution in [3.63, 3.8) is 0 Å². The van der Waals surface area contributed by atoms with E-state index in [-0.39, 0.29) is 5.60 Å². The Kier molecular flexibility index (Phi) is 7.74. The lowest BCUT2D eigenvalue weighted by atomic mass is 10.0. The maximum absolute atomic E-state index is 10.6. The van der Waals surface area contributed by atoms with Gasteiger partial charge in [0.2, 0.25) is 0 Å². The van der Waals surface area contributed by atoms with Gasteiger partial charge in [-0.05, 0) is 48.4 Å². The van der Waals surface area contributed by atoms with Gasteiger partial charge in [0.05, 0.1) is 32.7 Å². The highest BCUT2D eigenvalue weighted by atomic mass is 19.4. The van der Waals surface area contributed by atoms with Crippen LogP contribution in [0.4, 0.5) is 13.2 Å². The quantitative estimate of drug-likeness (QED) is 0.536. The number of aromatic nitrogens is 2. The van der Waals surface area contributed by atoms with Gasteiger partial charge in [-0.1, -0.05) is 12.1 Å². The van der Waals surface area contributed by atoms with Crippen LogP contribution in [0.1, 0.15) is 17.8 Å². The molecule has 1 spiro atoms. The Balaban J connectivity index is 0.000000405. The molecule has 37 heavy (non-hydrogen) atoms. The van der Waals surface area contributed by atoms with Crippen LogP contribution in [0, 0.1) is 0 Å². The second-order valence-corrected chi connectivity index (χ2v) is 8.96. The monoisotopic (exact) mass is 519 g/mol. The van der Waals surface area contributed by atoms with E-state index in [0.717, 1.165) is 61.2 Å². The van der Waals surface area contributed by atoms with Crippen molar-refractivity contribution in [1.29, 1.82) is 0 Å². The lowest BCUT2D eigenvalue weighted by molar-refractivity contribution is -0.192. The molecule has 8 nitrogen and oxygen atoms in total. The fraction of sp³-hybridized carbons (Fsp3) is 0.385. The molecular formula is C26H28F3N3O5. The van der Waals surface area contributed by atoms with Crippen molar-refractivity contribution >= 4 is 5.97 Å². The number of rotatable bonds is 5. The van der Waals surface area contributed by atoms with Crippen LogP contribution in [0.2, 0.25) is 0 Å². The second kappa shape index (κ2) is 10.8. The van der Waals surface area contributed by atoms with Crippen LogP contribution in [0.15, 0.2) is 54.7 Å². The zero-order valence-electron chi connectivity index (χ0n) is 20.5. The molecule has 3 heterocycles. The van der Waals surface area contributed by atoms with E-state index in [9.17, 15) is 13.2 Å². The molecule has 1 atom stereocenters. The number of hydrogen-bond donors (Lipinski definition) is 1. The van der Waals surface area contributed by atoms with Gasteiger partial charge >= 0.3 is 12.1 Å². The number of benzene rings is 2. The summed E-state index contributed by atoms with van der Waals surface area (Å²) in [6.45, 7) is 4.29. The second-order valence-electron chi connectivity index (χ2n) is 8.96. The Labute approximate surface area is 212 Å². The van der Waals surface area contributed by atoms with Crippen LogP contribution in [0.25, 0.3) is 11.3 Å². The normalized spacial score (nSPS) is 19.2. The van der Waals surface area contributed by atoms with Gasteiger partial charge in [0.25, 0.3) is 0 Å². The minimum atomic E-state index is -5.08. The number of fused-ring (bicyclic) bond motifs is 1. The van der Waals surface area contributed by atoms with E-state index in [1.165, 1.54) is 5.56 Å². The number of aliphatic carboxylic acids is 1. The van der Waals surface area contributed by atoms with Crippen LogP contribution in [-0.2, 0) is 29.2 Å². The zero-order chi connectivity index (χ0) is 26.6. The molecule has 198 valence electrons. The highest BCUT2D eigenvalue weighted by Gasteiger charge is 2.43. The molecule has 1 unspecified atom stereocenters. The van der Waals surface area contributed by atoms with Crippen LogP contribution in [0.3, 0.4) is 0 Å². The summed E-state index contributed by atoms with van der Waals surface area (Å²) in [5.41, 5.74) is 3.44. The number of carboxylic acid groups (broad SMARTS) is 1. The van der Waals surface area contributed by atoms with Gasteiger partial charge in [-0.25, -0.2) is 9.78 Å². The van der Waals surface area contributed by atoms with Crippen molar-refractivity contribution in [2.45, 2.75) is 37.9 Å². The van der Waals surface area contributed by atoms with Gasteiger partial charge in [-0.2, -0.15) is 13.2 Å². The van der Waals surface area contributed by atoms with Crippen molar-refractivity contribution < 1.29 is 37.3 Å². The van der Waals surface area contributed by atoms with Gasteiger partial charge < -0.3 is 23.9 Å². The van der Waals surface area contributed by atoms with E-state index < -0.39 is 12.1 Å². The van der Waals surface area contributed by atoms with E-state index in [1.54, 1.807) is 14.2 Å². The number of nitrogens with zero attached hydrogens (tertiary/aromatic N) is 3. The molecule has 2 aliphatic rings. The maximum Gasteiger partial charge on any atom is 0.490 e. The fourth-order valence-corrected chi connectivity index (χ4v) is 4.55. The highest BCUT2D eigenvalue weighted by Crippen LogP contribution is 2.36. The third kappa shape index (κ3) is 6.23. The molecule has 0 aliphatic carbocycles. The Hall–Kier alpha value is -3.57. The number of halogens is 3. The molecule has 3 aromatic rings. The molecule has 1 aromatic heterocycles. The highest BCUT2D eigenvalue weighted by molar-refractivity contribution is 5.73. The third-order valence-corrected chi connectivity index (χ3v) is 6.48. The van der Waals surface area contributed by atoms with Gasteiger partial charge in [0.1, 0.15) is 29.5 Å². The van der Waals surface area contributed by atoms with Crippen LogP contribution in [-0.4, -0.2) is 64.6 Å². The average molecular weight is 520 g/mol. The van der Waals surface area contributed by atoms with E-state index in [4.69, 9.17) is 24.1 Å². The Morgan fingerprint density at radius 1 is 1.05 bits per heavy atom. The SMILES string of the molecule is COc1ccc(CN2CCC3(C2)Cn2c(-c4ccc(OC)cc4)cnc2CO3)cc1.O=C(O)C(F)(F)F. The summed E-state index contributed by atoms with van der Waals surface area (Å²) in [5.74, 6) is 0.000375. The molecule has 5 rings (SSSR count). The summed E-state index contributed by atoms with van der Waals surface area (Å²) in [7, 11) is 3.39. The van der Waals surface area contributed by atoms with E-state index in [2.05, 4.69) is 38.7 Å². The minimum absolute atomic E-state index is 0.151. The average Bonchev–Trinajstić information content (AvgIpc) is 3.48. The van der Waals surface area contributed by atoms with Crippen LogP contribution >= 0.6 is 0 Å². The summed E-state index contributed by atoms with van der Waals surface area (Å²) < 4.78 is 51.0.